The van der Waals surface area contributed by atoms with Crippen LogP contribution in [0.15, 0.2) is 30.6 Å². The van der Waals surface area contributed by atoms with Gasteiger partial charge in [0.1, 0.15) is 5.69 Å². The van der Waals surface area contributed by atoms with Crippen molar-refractivity contribution in [3.63, 3.8) is 0 Å². The van der Waals surface area contributed by atoms with E-state index in [4.69, 9.17) is 23.2 Å². The van der Waals surface area contributed by atoms with Gasteiger partial charge in [0, 0.05) is 17.3 Å². The molecule has 116 valence electrons. The summed E-state index contributed by atoms with van der Waals surface area (Å²) in [4.78, 5) is 22.5. The number of amides is 1. The fourth-order valence-corrected chi connectivity index (χ4v) is 2.14. The van der Waals surface area contributed by atoms with Gasteiger partial charge in [-0.3, -0.25) is 19.6 Å². The third-order valence-electron chi connectivity index (χ3n) is 2.92. The summed E-state index contributed by atoms with van der Waals surface area (Å²) >= 11 is 11.5. The first-order valence-electron chi connectivity index (χ1n) is 6.29. The molecule has 0 aliphatic carbocycles. The van der Waals surface area contributed by atoms with Crippen LogP contribution < -0.4 is 5.32 Å². The summed E-state index contributed by atoms with van der Waals surface area (Å²) in [6.07, 6.45) is 3.06. The van der Waals surface area contributed by atoms with Gasteiger partial charge < -0.3 is 5.32 Å². The number of nitrogens with one attached hydrogen (secondary N) is 1. The molecule has 0 saturated heterocycles. The first kappa shape index (κ1) is 16.3. The van der Waals surface area contributed by atoms with E-state index in [9.17, 15) is 14.9 Å². The molecule has 2 rings (SSSR count). The van der Waals surface area contributed by atoms with Crippen LogP contribution in [0.3, 0.4) is 0 Å². The first-order valence-corrected chi connectivity index (χ1v) is 7.05. The van der Waals surface area contributed by atoms with Crippen LogP contribution in [0, 0.1) is 16.0 Å². The Hall–Kier alpha value is -2.12. The number of nitro benzene ring substituents is 1. The van der Waals surface area contributed by atoms with E-state index in [1.54, 1.807) is 13.1 Å². The van der Waals surface area contributed by atoms with Gasteiger partial charge in [0.05, 0.1) is 28.6 Å². The SMILES string of the molecule is CC(Cn1cc(Cl)cn1)C(=O)Nc1ccc(Cl)cc1[N+](=O)[O-]. The average molecular weight is 343 g/mol. The summed E-state index contributed by atoms with van der Waals surface area (Å²) in [5.74, 6) is -0.816. The summed E-state index contributed by atoms with van der Waals surface area (Å²) in [5.41, 5.74) is -0.153. The Morgan fingerprint density at radius 2 is 2.18 bits per heavy atom. The van der Waals surface area contributed by atoms with Crippen molar-refractivity contribution >= 4 is 40.5 Å². The zero-order valence-electron chi connectivity index (χ0n) is 11.5. The van der Waals surface area contributed by atoms with Crippen LogP contribution in [0.5, 0.6) is 0 Å². The molecule has 22 heavy (non-hydrogen) atoms. The molecule has 0 spiro atoms. The van der Waals surface area contributed by atoms with E-state index in [1.807, 2.05) is 0 Å². The Bertz CT molecular complexity index is 717. The van der Waals surface area contributed by atoms with Crippen molar-refractivity contribution in [2.45, 2.75) is 13.5 Å². The predicted molar refractivity (Wildman–Crippen MR) is 83.1 cm³/mol. The second-order valence-corrected chi connectivity index (χ2v) is 5.56. The molecule has 2 aromatic rings. The van der Waals surface area contributed by atoms with Crippen LogP contribution >= 0.6 is 23.2 Å². The summed E-state index contributed by atoms with van der Waals surface area (Å²) in [6, 6.07) is 4.06. The molecule has 0 bridgehead atoms. The molecule has 1 aromatic heterocycles. The lowest BCUT2D eigenvalue weighted by atomic mass is 10.1. The maximum atomic E-state index is 12.1. The van der Waals surface area contributed by atoms with Crippen molar-refractivity contribution in [3.8, 4) is 0 Å². The second-order valence-electron chi connectivity index (χ2n) is 4.69. The lowest BCUT2D eigenvalue weighted by molar-refractivity contribution is -0.383. The van der Waals surface area contributed by atoms with Crippen LogP contribution in [0.2, 0.25) is 10.0 Å². The van der Waals surface area contributed by atoms with Gasteiger partial charge in [0.15, 0.2) is 0 Å². The smallest absolute Gasteiger partial charge is 0.294 e. The van der Waals surface area contributed by atoms with Crippen LogP contribution in [0.1, 0.15) is 6.92 Å². The number of rotatable bonds is 5. The van der Waals surface area contributed by atoms with E-state index in [-0.39, 0.29) is 22.3 Å². The van der Waals surface area contributed by atoms with Gasteiger partial charge >= 0.3 is 0 Å². The van der Waals surface area contributed by atoms with E-state index in [0.29, 0.717) is 11.6 Å². The molecule has 0 radical (unpaired) electrons. The van der Waals surface area contributed by atoms with E-state index >= 15 is 0 Å². The number of hydrogen-bond acceptors (Lipinski definition) is 4. The number of carbonyl (C=O) groups is 1. The van der Waals surface area contributed by atoms with Gasteiger partial charge in [0.25, 0.3) is 5.69 Å². The molecule has 0 fully saturated rings. The molecule has 1 atom stereocenters. The highest BCUT2D eigenvalue weighted by molar-refractivity contribution is 6.31. The minimum absolute atomic E-state index is 0.102. The van der Waals surface area contributed by atoms with Crippen LogP contribution in [-0.2, 0) is 11.3 Å². The van der Waals surface area contributed by atoms with Crippen LogP contribution in [-0.4, -0.2) is 20.6 Å². The average Bonchev–Trinajstić information content (AvgIpc) is 2.85. The van der Waals surface area contributed by atoms with Gasteiger partial charge in [-0.05, 0) is 12.1 Å². The van der Waals surface area contributed by atoms with Gasteiger partial charge in [0.2, 0.25) is 5.91 Å². The zero-order valence-corrected chi connectivity index (χ0v) is 13.0. The van der Waals surface area contributed by atoms with Gasteiger partial charge in [-0.15, -0.1) is 0 Å². The van der Waals surface area contributed by atoms with Crippen molar-refractivity contribution in [1.29, 1.82) is 0 Å². The maximum absolute atomic E-state index is 12.1. The number of hydrogen-bond donors (Lipinski definition) is 1. The number of benzene rings is 1. The third-order valence-corrected chi connectivity index (χ3v) is 3.35. The minimum Gasteiger partial charge on any atom is -0.320 e. The lowest BCUT2D eigenvalue weighted by Gasteiger charge is -2.12. The molecule has 9 heteroatoms. The number of halogens is 2. The summed E-state index contributed by atoms with van der Waals surface area (Å²) in [7, 11) is 0. The molecule has 1 amide bonds. The molecule has 0 aliphatic heterocycles. The van der Waals surface area contributed by atoms with E-state index < -0.39 is 10.8 Å². The molecule has 1 unspecified atom stereocenters. The van der Waals surface area contributed by atoms with Crippen molar-refractivity contribution in [1.82, 2.24) is 9.78 Å². The molecule has 1 heterocycles. The Morgan fingerprint density at radius 1 is 1.45 bits per heavy atom. The minimum atomic E-state index is -0.598. The van der Waals surface area contributed by atoms with Gasteiger partial charge in [-0.1, -0.05) is 30.1 Å². The zero-order chi connectivity index (χ0) is 16.3. The highest BCUT2D eigenvalue weighted by Crippen LogP contribution is 2.28. The van der Waals surface area contributed by atoms with E-state index in [2.05, 4.69) is 10.4 Å². The standard InChI is InChI=1S/C13H12Cl2N4O3/c1-8(6-18-7-10(15)5-16-18)13(20)17-11-3-2-9(14)4-12(11)19(21)22/h2-5,7-8H,6H2,1H3,(H,17,20). The summed E-state index contributed by atoms with van der Waals surface area (Å²) in [5, 5.41) is 18.2. The quantitative estimate of drug-likeness (QED) is 0.666. The number of aromatic nitrogens is 2. The normalized spacial score (nSPS) is 12.0. The van der Waals surface area contributed by atoms with E-state index in [1.165, 1.54) is 29.1 Å². The Balaban J connectivity index is 2.09. The van der Waals surface area contributed by atoms with Gasteiger partial charge in [-0.25, -0.2) is 0 Å². The highest BCUT2D eigenvalue weighted by atomic mass is 35.5. The first-order chi connectivity index (χ1) is 10.4. The number of nitrogens with zero attached hydrogens (tertiary/aromatic N) is 3. The molecule has 7 nitrogen and oxygen atoms in total. The van der Waals surface area contributed by atoms with Crippen molar-refractivity contribution < 1.29 is 9.72 Å². The van der Waals surface area contributed by atoms with Crippen molar-refractivity contribution in [3.05, 3.63) is 50.8 Å². The largest absolute Gasteiger partial charge is 0.320 e. The molecule has 1 N–H and O–H groups in total. The Labute approximate surface area is 136 Å². The van der Waals surface area contributed by atoms with Crippen molar-refractivity contribution in [2.24, 2.45) is 5.92 Å². The van der Waals surface area contributed by atoms with Gasteiger partial charge in [-0.2, -0.15) is 5.10 Å². The monoisotopic (exact) mass is 342 g/mol. The molecule has 1 aromatic carbocycles. The molecule has 0 saturated carbocycles. The second kappa shape index (κ2) is 6.76. The van der Waals surface area contributed by atoms with Crippen LogP contribution in [0.4, 0.5) is 11.4 Å². The Morgan fingerprint density at radius 3 is 2.77 bits per heavy atom. The summed E-state index contributed by atoms with van der Waals surface area (Å²) < 4.78 is 1.53. The fourth-order valence-electron chi connectivity index (χ4n) is 1.82. The third kappa shape index (κ3) is 3.96. The van der Waals surface area contributed by atoms with Crippen LogP contribution in [0.25, 0.3) is 0 Å². The number of nitro groups is 1. The number of anilines is 1. The molecular formula is C13H12Cl2N4O3. The van der Waals surface area contributed by atoms with Crippen molar-refractivity contribution in [2.75, 3.05) is 5.32 Å². The Kier molecular flexibility index (Phi) is 4.99. The van der Waals surface area contributed by atoms with E-state index in [0.717, 1.165) is 0 Å². The highest BCUT2D eigenvalue weighted by Gasteiger charge is 2.20. The fraction of sp³-hybridized carbons (Fsp3) is 0.231. The lowest BCUT2D eigenvalue weighted by Crippen LogP contribution is -2.25. The molecule has 0 aliphatic rings. The maximum Gasteiger partial charge on any atom is 0.294 e. The number of carbonyl (C=O) groups excluding carboxylic acids is 1. The topological polar surface area (TPSA) is 90.1 Å². The summed E-state index contributed by atoms with van der Waals surface area (Å²) in [6.45, 7) is 1.99. The predicted octanol–water partition coefficient (Wildman–Crippen LogP) is 3.37. The molecular weight excluding hydrogens is 331 g/mol.